The maximum Gasteiger partial charge on any atom is 0.274 e. The molecular formula is C9H10ClNO4. The Hall–Kier alpha value is -1.20. The van der Waals surface area contributed by atoms with Crippen LogP contribution < -0.4 is 0 Å². The second-order valence-electron chi connectivity index (χ2n) is 3.23. The van der Waals surface area contributed by atoms with Crippen LogP contribution in [0.3, 0.4) is 0 Å². The summed E-state index contributed by atoms with van der Waals surface area (Å²) in [5, 5.41) is 9.99. The quantitative estimate of drug-likeness (QED) is 0.417. The van der Waals surface area contributed by atoms with E-state index in [4.69, 9.17) is 16.3 Å². The molecule has 0 radical (unpaired) electrons. The molecule has 15 heavy (non-hydrogen) atoms. The number of carbonyl (C=O) groups excluding carboxylic acids is 1. The number of carbonyl (C=O) groups is 1. The average molecular weight is 232 g/mol. The van der Waals surface area contributed by atoms with E-state index < -0.39 is 21.8 Å². The number of ether oxygens (including phenoxy) is 1. The number of methoxy groups -OCH3 is 1. The Morgan fingerprint density at radius 2 is 2.33 bits per heavy atom. The van der Waals surface area contributed by atoms with Crippen LogP contribution in [0.4, 0.5) is 0 Å². The maximum atomic E-state index is 11.3. The molecule has 2 atom stereocenters. The van der Waals surface area contributed by atoms with Crippen molar-refractivity contribution in [2.75, 3.05) is 7.11 Å². The highest BCUT2D eigenvalue weighted by Crippen LogP contribution is 2.31. The Morgan fingerprint density at radius 3 is 2.67 bits per heavy atom. The van der Waals surface area contributed by atoms with Crippen molar-refractivity contribution in [2.24, 2.45) is 0 Å². The first-order valence-corrected chi connectivity index (χ1v) is 4.58. The molecular weight excluding hydrogens is 222 g/mol. The molecule has 0 aromatic carbocycles. The van der Waals surface area contributed by atoms with Crippen LogP contribution in [0.5, 0.6) is 0 Å². The number of halogens is 1. The average Bonchev–Trinajstić information content (AvgIpc) is 2.16. The molecule has 0 spiro atoms. The highest BCUT2D eigenvalue weighted by Gasteiger charge is 2.53. The Kier molecular flexibility index (Phi) is 3.26. The van der Waals surface area contributed by atoms with Crippen LogP contribution in [0.15, 0.2) is 23.8 Å². The fourth-order valence-corrected chi connectivity index (χ4v) is 1.86. The smallest absolute Gasteiger partial charge is 0.274 e. The summed E-state index contributed by atoms with van der Waals surface area (Å²) < 4.78 is 4.93. The number of allylic oxidation sites excluding steroid dienone is 2. The van der Waals surface area contributed by atoms with E-state index in [1.54, 1.807) is 13.0 Å². The van der Waals surface area contributed by atoms with E-state index in [0.717, 1.165) is 0 Å². The SMILES string of the molecule is COC1(C(=O)Cl)C=CC=C(C)C1[N+](=O)[O-]. The number of hydrogen-bond acceptors (Lipinski definition) is 4. The third-order valence-electron chi connectivity index (χ3n) is 2.40. The van der Waals surface area contributed by atoms with Crippen molar-refractivity contribution < 1.29 is 14.5 Å². The molecule has 6 heteroatoms. The zero-order chi connectivity index (χ0) is 11.6. The summed E-state index contributed by atoms with van der Waals surface area (Å²) in [4.78, 5) is 21.6. The van der Waals surface area contributed by atoms with Gasteiger partial charge in [0.1, 0.15) is 0 Å². The number of nitrogens with zero attached hydrogens (tertiary/aromatic N) is 1. The van der Waals surface area contributed by atoms with Gasteiger partial charge in [0.25, 0.3) is 11.3 Å². The fourth-order valence-electron chi connectivity index (χ4n) is 1.62. The van der Waals surface area contributed by atoms with Gasteiger partial charge in [-0.15, -0.1) is 0 Å². The summed E-state index contributed by atoms with van der Waals surface area (Å²) in [5.41, 5.74) is -1.26. The van der Waals surface area contributed by atoms with Crippen LogP contribution in [0.25, 0.3) is 0 Å². The zero-order valence-electron chi connectivity index (χ0n) is 8.27. The first-order chi connectivity index (χ1) is 6.95. The van der Waals surface area contributed by atoms with Crippen LogP contribution in [0, 0.1) is 10.1 Å². The van der Waals surface area contributed by atoms with Gasteiger partial charge in [-0.25, -0.2) is 0 Å². The van der Waals surface area contributed by atoms with Gasteiger partial charge in [0.15, 0.2) is 0 Å². The van der Waals surface area contributed by atoms with Crippen LogP contribution in [0.2, 0.25) is 0 Å². The predicted molar refractivity (Wildman–Crippen MR) is 54.3 cm³/mol. The Balaban J connectivity index is 3.27. The molecule has 0 fully saturated rings. The van der Waals surface area contributed by atoms with Crippen LogP contribution in [-0.2, 0) is 9.53 Å². The van der Waals surface area contributed by atoms with E-state index in [1.165, 1.54) is 19.3 Å². The van der Waals surface area contributed by atoms with E-state index >= 15 is 0 Å². The monoisotopic (exact) mass is 231 g/mol. The zero-order valence-corrected chi connectivity index (χ0v) is 9.02. The minimum Gasteiger partial charge on any atom is -0.359 e. The van der Waals surface area contributed by atoms with Gasteiger partial charge in [-0.05, 0) is 24.6 Å². The highest BCUT2D eigenvalue weighted by atomic mass is 35.5. The molecule has 0 heterocycles. The lowest BCUT2D eigenvalue weighted by Gasteiger charge is -2.30. The second-order valence-corrected chi connectivity index (χ2v) is 3.57. The number of hydrogen-bond donors (Lipinski definition) is 0. The molecule has 1 aliphatic carbocycles. The van der Waals surface area contributed by atoms with Crippen molar-refractivity contribution in [3.63, 3.8) is 0 Å². The molecule has 0 amide bonds. The van der Waals surface area contributed by atoms with Crippen molar-refractivity contribution in [2.45, 2.75) is 18.6 Å². The molecule has 0 N–H and O–H groups in total. The van der Waals surface area contributed by atoms with E-state index in [2.05, 4.69) is 0 Å². The normalized spacial score (nSPS) is 29.8. The van der Waals surface area contributed by atoms with Gasteiger partial charge >= 0.3 is 0 Å². The van der Waals surface area contributed by atoms with Crippen molar-refractivity contribution in [1.29, 1.82) is 0 Å². The minimum atomic E-state index is -1.69. The summed E-state index contributed by atoms with van der Waals surface area (Å²) in [6, 6.07) is -1.27. The van der Waals surface area contributed by atoms with Crippen LogP contribution in [-0.4, -0.2) is 28.9 Å². The van der Waals surface area contributed by atoms with Gasteiger partial charge < -0.3 is 4.74 Å². The minimum absolute atomic E-state index is 0.429. The topological polar surface area (TPSA) is 69.4 Å². The maximum absolute atomic E-state index is 11.3. The molecule has 0 aromatic heterocycles. The van der Waals surface area contributed by atoms with Crippen LogP contribution in [0.1, 0.15) is 6.92 Å². The Bertz CT molecular complexity index is 363. The molecule has 0 bridgehead atoms. The molecule has 5 nitrogen and oxygen atoms in total. The van der Waals surface area contributed by atoms with E-state index in [1.807, 2.05) is 0 Å². The van der Waals surface area contributed by atoms with Crippen LogP contribution >= 0.6 is 11.6 Å². The van der Waals surface area contributed by atoms with Gasteiger partial charge in [-0.2, -0.15) is 0 Å². The summed E-state index contributed by atoms with van der Waals surface area (Å²) in [6.45, 7) is 1.56. The molecule has 0 saturated carbocycles. The highest BCUT2D eigenvalue weighted by molar-refractivity contribution is 6.65. The Morgan fingerprint density at radius 1 is 1.73 bits per heavy atom. The lowest BCUT2D eigenvalue weighted by Crippen LogP contribution is -2.53. The lowest BCUT2D eigenvalue weighted by molar-refractivity contribution is -0.527. The van der Waals surface area contributed by atoms with Crippen molar-refractivity contribution in [3.05, 3.63) is 33.9 Å². The fraction of sp³-hybridized carbons (Fsp3) is 0.444. The molecule has 1 aliphatic rings. The van der Waals surface area contributed by atoms with E-state index in [-0.39, 0.29) is 0 Å². The van der Waals surface area contributed by atoms with E-state index in [0.29, 0.717) is 5.57 Å². The van der Waals surface area contributed by atoms with Gasteiger partial charge in [-0.1, -0.05) is 12.2 Å². The largest absolute Gasteiger partial charge is 0.359 e. The molecule has 0 aliphatic heterocycles. The number of nitro groups is 1. The molecule has 1 rings (SSSR count). The first kappa shape index (κ1) is 11.9. The van der Waals surface area contributed by atoms with Gasteiger partial charge in [-0.3, -0.25) is 14.9 Å². The predicted octanol–water partition coefficient (Wildman–Crippen LogP) is 1.30. The number of rotatable bonds is 3. The standard InChI is InChI=1S/C9H10ClNO4/c1-6-4-3-5-9(15-2,8(10)12)7(6)11(13)14/h3-5,7H,1-2H3. The lowest BCUT2D eigenvalue weighted by atomic mass is 9.86. The molecule has 0 aromatic rings. The molecule has 2 unspecified atom stereocenters. The summed E-state index contributed by atoms with van der Waals surface area (Å²) in [6.07, 6.45) is 4.40. The third kappa shape index (κ3) is 1.80. The van der Waals surface area contributed by atoms with Gasteiger partial charge in [0.2, 0.25) is 5.60 Å². The Labute approximate surface area is 91.5 Å². The van der Waals surface area contributed by atoms with Gasteiger partial charge in [0, 0.05) is 17.6 Å². The summed E-state index contributed by atoms with van der Waals surface area (Å²) in [5.74, 6) is 0. The molecule has 0 saturated heterocycles. The first-order valence-electron chi connectivity index (χ1n) is 4.20. The van der Waals surface area contributed by atoms with Crippen molar-refractivity contribution >= 4 is 16.8 Å². The third-order valence-corrected chi connectivity index (χ3v) is 2.69. The summed E-state index contributed by atoms with van der Waals surface area (Å²) in [7, 11) is 1.22. The molecule has 82 valence electrons. The summed E-state index contributed by atoms with van der Waals surface area (Å²) >= 11 is 5.37. The van der Waals surface area contributed by atoms with Crippen molar-refractivity contribution in [3.8, 4) is 0 Å². The second kappa shape index (κ2) is 4.12. The van der Waals surface area contributed by atoms with E-state index in [9.17, 15) is 14.9 Å². The van der Waals surface area contributed by atoms with Gasteiger partial charge in [0.05, 0.1) is 0 Å². The van der Waals surface area contributed by atoms with Crippen molar-refractivity contribution in [1.82, 2.24) is 0 Å².